The maximum Gasteiger partial charge on any atom is 0.190 e. The summed E-state index contributed by atoms with van der Waals surface area (Å²) in [5, 5.41) is 14.1. The Labute approximate surface area is 70.3 Å². The van der Waals surface area contributed by atoms with Gasteiger partial charge in [0.05, 0.1) is 0 Å². The summed E-state index contributed by atoms with van der Waals surface area (Å²) in [4.78, 5) is 5.94. The van der Waals surface area contributed by atoms with Gasteiger partial charge in [-0.2, -0.15) is 5.10 Å². The van der Waals surface area contributed by atoms with Crippen molar-refractivity contribution in [3.63, 3.8) is 0 Å². The predicted octanol–water partition coefficient (Wildman–Crippen LogP) is 0.226. The van der Waals surface area contributed by atoms with Gasteiger partial charge < -0.3 is 4.90 Å². The number of aromatic nitrogens is 3. The van der Waals surface area contributed by atoms with E-state index in [2.05, 4.69) is 15.2 Å². The predicted molar refractivity (Wildman–Crippen MR) is 44.0 cm³/mol. The van der Waals surface area contributed by atoms with Gasteiger partial charge in [0.2, 0.25) is 0 Å². The van der Waals surface area contributed by atoms with E-state index in [1.807, 2.05) is 4.90 Å². The number of H-pyrrole nitrogens is 1. The van der Waals surface area contributed by atoms with E-state index < -0.39 is 0 Å². The van der Waals surface area contributed by atoms with E-state index in [0.29, 0.717) is 11.7 Å². The smallest absolute Gasteiger partial charge is 0.190 e. The van der Waals surface area contributed by atoms with Crippen LogP contribution in [0.5, 0.6) is 0 Å². The molecule has 1 aromatic rings. The van der Waals surface area contributed by atoms with Crippen LogP contribution in [0, 0.1) is 5.41 Å². The van der Waals surface area contributed by atoms with Crippen LogP contribution < -0.4 is 0 Å². The Balaban J connectivity index is 2.09. The largest absolute Gasteiger partial charge is 0.354 e. The van der Waals surface area contributed by atoms with Gasteiger partial charge in [0.25, 0.3) is 0 Å². The molecule has 2 rings (SSSR count). The minimum absolute atomic E-state index is 0.463. The summed E-state index contributed by atoms with van der Waals surface area (Å²) in [5.74, 6) is 1.03. The van der Waals surface area contributed by atoms with E-state index in [9.17, 15) is 0 Å². The van der Waals surface area contributed by atoms with Crippen molar-refractivity contribution < 1.29 is 0 Å². The van der Waals surface area contributed by atoms with Gasteiger partial charge in [-0.3, -0.25) is 10.5 Å². The fraction of sp³-hybridized carbons (Fsp3) is 0.571. The van der Waals surface area contributed by atoms with Gasteiger partial charge in [-0.05, 0) is 12.8 Å². The van der Waals surface area contributed by atoms with Crippen molar-refractivity contribution in [2.24, 2.45) is 0 Å². The molecule has 2 N–H and O–H groups in total. The lowest BCUT2D eigenvalue weighted by Crippen LogP contribution is -2.28. The van der Waals surface area contributed by atoms with Crippen molar-refractivity contribution in [1.82, 2.24) is 20.1 Å². The number of rotatable bonds is 1. The number of aromatic amines is 1. The van der Waals surface area contributed by atoms with E-state index in [-0.39, 0.29) is 0 Å². The third-order valence-corrected chi connectivity index (χ3v) is 2.06. The van der Waals surface area contributed by atoms with Gasteiger partial charge in [-0.15, -0.1) is 0 Å². The zero-order valence-electron chi connectivity index (χ0n) is 6.75. The third-order valence-electron chi connectivity index (χ3n) is 2.06. The van der Waals surface area contributed by atoms with Gasteiger partial charge in [0.15, 0.2) is 11.7 Å². The van der Waals surface area contributed by atoms with Crippen LogP contribution in [-0.2, 0) is 0 Å². The molecule has 0 aromatic carbocycles. The zero-order valence-corrected chi connectivity index (χ0v) is 6.75. The van der Waals surface area contributed by atoms with Gasteiger partial charge in [0.1, 0.15) is 6.33 Å². The summed E-state index contributed by atoms with van der Waals surface area (Å²) in [6.45, 7) is 1.94. The van der Waals surface area contributed by atoms with Crippen molar-refractivity contribution in [1.29, 1.82) is 5.41 Å². The zero-order chi connectivity index (χ0) is 8.39. The van der Waals surface area contributed by atoms with Crippen molar-refractivity contribution in [2.75, 3.05) is 13.1 Å². The molecule has 64 valence electrons. The van der Waals surface area contributed by atoms with Crippen LogP contribution in [0.15, 0.2) is 6.33 Å². The molecule has 0 unspecified atom stereocenters. The lowest BCUT2D eigenvalue weighted by molar-refractivity contribution is 0.514. The van der Waals surface area contributed by atoms with Gasteiger partial charge in [-0.25, -0.2) is 4.98 Å². The Kier molecular flexibility index (Phi) is 1.77. The Morgan fingerprint density at radius 1 is 1.50 bits per heavy atom. The molecular formula is C7H11N5. The first-order valence-corrected chi connectivity index (χ1v) is 4.07. The van der Waals surface area contributed by atoms with Gasteiger partial charge in [0, 0.05) is 13.1 Å². The third kappa shape index (κ3) is 1.17. The SMILES string of the molecule is N=C(c1ncn[nH]1)N1CCCC1. The quantitative estimate of drug-likeness (QED) is 0.462. The molecule has 5 nitrogen and oxygen atoms in total. The molecule has 1 aliphatic heterocycles. The summed E-state index contributed by atoms with van der Waals surface area (Å²) in [7, 11) is 0. The number of nitrogens with zero attached hydrogens (tertiary/aromatic N) is 3. The van der Waals surface area contributed by atoms with Gasteiger partial charge >= 0.3 is 0 Å². The van der Waals surface area contributed by atoms with Crippen LogP contribution in [0.25, 0.3) is 0 Å². The minimum atomic E-state index is 0.463. The highest BCUT2D eigenvalue weighted by molar-refractivity contribution is 5.92. The van der Waals surface area contributed by atoms with Crippen LogP contribution in [0.3, 0.4) is 0 Å². The first-order valence-electron chi connectivity index (χ1n) is 4.07. The van der Waals surface area contributed by atoms with Crippen LogP contribution in [0.4, 0.5) is 0 Å². The Morgan fingerprint density at radius 2 is 2.25 bits per heavy atom. The van der Waals surface area contributed by atoms with Crippen LogP contribution in [0.2, 0.25) is 0 Å². The molecule has 1 fully saturated rings. The first-order chi connectivity index (χ1) is 5.88. The number of amidine groups is 1. The molecule has 0 bridgehead atoms. The fourth-order valence-corrected chi connectivity index (χ4v) is 1.41. The maximum atomic E-state index is 7.74. The van der Waals surface area contributed by atoms with E-state index in [1.165, 1.54) is 19.2 Å². The highest BCUT2D eigenvalue weighted by Gasteiger charge is 2.17. The highest BCUT2D eigenvalue weighted by Crippen LogP contribution is 2.09. The minimum Gasteiger partial charge on any atom is -0.354 e. The first kappa shape index (κ1) is 7.27. The molecule has 5 heteroatoms. The monoisotopic (exact) mass is 165 g/mol. The second kappa shape index (κ2) is 2.92. The van der Waals surface area contributed by atoms with Crippen molar-refractivity contribution >= 4 is 5.84 Å². The number of nitrogens with one attached hydrogen (secondary N) is 2. The second-order valence-electron chi connectivity index (χ2n) is 2.88. The molecule has 0 spiro atoms. The van der Waals surface area contributed by atoms with E-state index in [1.54, 1.807) is 0 Å². The normalized spacial score (nSPS) is 16.8. The van der Waals surface area contributed by atoms with Crippen molar-refractivity contribution in [2.45, 2.75) is 12.8 Å². The highest BCUT2D eigenvalue weighted by atomic mass is 15.3. The standard InChI is InChI=1S/C7H11N5/c8-6(7-9-5-10-11-7)12-3-1-2-4-12/h5,8H,1-4H2,(H,9,10,11). The summed E-state index contributed by atoms with van der Waals surface area (Å²) < 4.78 is 0. The summed E-state index contributed by atoms with van der Waals surface area (Å²) >= 11 is 0. The molecule has 1 aliphatic rings. The number of likely N-dealkylation sites (tertiary alicyclic amines) is 1. The Hall–Kier alpha value is -1.39. The topological polar surface area (TPSA) is 68.7 Å². The molecule has 0 atom stereocenters. The maximum absolute atomic E-state index is 7.74. The van der Waals surface area contributed by atoms with Crippen LogP contribution >= 0.6 is 0 Å². The molecule has 0 radical (unpaired) electrons. The van der Waals surface area contributed by atoms with Crippen molar-refractivity contribution in [3.8, 4) is 0 Å². The molecule has 0 aliphatic carbocycles. The summed E-state index contributed by atoms with van der Waals surface area (Å²) in [6, 6.07) is 0. The second-order valence-corrected chi connectivity index (χ2v) is 2.88. The number of hydrogen-bond donors (Lipinski definition) is 2. The van der Waals surface area contributed by atoms with Crippen molar-refractivity contribution in [3.05, 3.63) is 12.2 Å². The Morgan fingerprint density at radius 3 is 2.83 bits per heavy atom. The number of hydrogen-bond acceptors (Lipinski definition) is 3. The van der Waals surface area contributed by atoms with E-state index in [4.69, 9.17) is 5.41 Å². The molecule has 2 heterocycles. The lowest BCUT2D eigenvalue weighted by atomic mass is 10.4. The van der Waals surface area contributed by atoms with E-state index >= 15 is 0 Å². The molecule has 0 saturated carbocycles. The molecular weight excluding hydrogens is 154 g/mol. The van der Waals surface area contributed by atoms with E-state index in [0.717, 1.165) is 13.1 Å². The average Bonchev–Trinajstić information content (AvgIpc) is 2.77. The van der Waals surface area contributed by atoms with Gasteiger partial charge in [-0.1, -0.05) is 0 Å². The molecule has 1 aromatic heterocycles. The van der Waals surface area contributed by atoms with Crippen LogP contribution in [-0.4, -0.2) is 39.0 Å². The molecule has 12 heavy (non-hydrogen) atoms. The Bertz CT molecular complexity index is 259. The average molecular weight is 165 g/mol. The summed E-state index contributed by atoms with van der Waals surface area (Å²) in [5.41, 5.74) is 0. The summed E-state index contributed by atoms with van der Waals surface area (Å²) in [6.07, 6.45) is 3.78. The molecule has 0 amide bonds. The fourth-order valence-electron chi connectivity index (χ4n) is 1.41. The molecule has 1 saturated heterocycles. The lowest BCUT2D eigenvalue weighted by Gasteiger charge is -2.15. The van der Waals surface area contributed by atoms with Crippen LogP contribution in [0.1, 0.15) is 18.7 Å².